The van der Waals surface area contributed by atoms with Gasteiger partial charge in [0, 0.05) is 37.0 Å². The highest BCUT2D eigenvalue weighted by atomic mass is 16.5. The van der Waals surface area contributed by atoms with Crippen LogP contribution in [0.3, 0.4) is 0 Å². The van der Waals surface area contributed by atoms with Gasteiger partial charge in [-0.15, -0.1) is 0 Å². The lowest BCUT2D eigenvalue weighted by Crippen LogP contribution is -2.27. The lowest BCUT2D eigenvalue weighted by molar-refractivity contribution is 0.397. The van der Waals surface area contributed by atoms with Crippen LogP contribution in [0.2, 0.25) is 0 Å². The molecule has 0 aliphatic heterocycles. The summed E-state index contributed by atoms with van der Waals surface area (Å²) in [5, 5.41) is 4.44. The van der Waals surface area contributed by atoms with Crippen molar-refractivity contribution in [3.05, 3.63) is 41.3 Å². The third-order valence-electron chi connectivity index (χ3n) is 3.26. The van der Waals surface area contributed by atoms with E-state index in [-0.39, 0.29) is 6.04 Å². The van der Waals surface area contributed by atoms with E-state index >= 15 is 0 Å². The number of nitrogens with zero attached hydrogens (tertiary/aromatic N) is 3. The molecule has 5 nitrogen and oxygen atoms in total. The molecule has 0 saturated heterocycles. The zero-order valence-corrected chi connectivity index (χ0v) is 12.3. The van der Waals surface area contributed by atoms with Gasteiger partial charge < -0.3 is 10.5 Å². The largest absolute Gasteiger partial charge is 0.481 e. The van der Waals surface area contributed by atoms with E-state index in [4.69, 9.17) is 10.5 Å². The zero-order chi connectivity index (χ0) is 14.5. The Morgan fingerprint density at radius 2 is 2.15 bits per heavy atom. The molecule has 108 valence electrons. The Morgan fingerprint density at radius 3 is 2.75 bits per heavy atom. The second kappa shape index (κ2) is 6.52. The van der Waals surface area contributed by atoms with E-state index in [0.29, 0.717) is 5.88 Å². The summed E-state index contributed by atoms with van der Waals surface area (Å²) < 4.78 is 7.06. The molecule has 5 heteroatoms. The van der Waals surface area contributed by atoms with E-state index in [1.54, 1.807) is 7.11 Å². The normalized spacial score (nSPS) is 12.4. The topological polar surface area (TPSA) is 66.0 Å². The summed E-state index contributed by atoms with van der Waals surface area (Å²) in [5.74, 6) is 0.627. The molecule has 0 aliphatic carbocycles. The standard InChI is InChI=1S/C15H22N4O/c1-4-19-14(7-11(2)18-19)9-13(16)8-12-5-6-15(20-3)17-10-12/h5-7,10,13H,4,8-9,16H2,1-3H3. The first-order valence-electron chi connectivity index (χ1n) is 6.90. The lowest BCUT2D eigenvalue weighted by Gasteiger charge is -2.12. The number of aryl methyl sites for hydroxylation is 2. The minimum atomic E-state index is 0.0617. The zero-order valence-electron chi connectivity index (χ0n) is 12.3. The number of rotatable bonds is 6. The van der Waals surface area contributed by atoms with E-state index in [9.17, 15) is 0 Å². The van der Waals surface area contributed by atoms with Gasteiger partial charge in [0.15, 0.2) is 0 Å². The molecule has 0 saturated carbocycles. The molecule has 2 aromatic rings. The molecule has 0 amide bonds. The SMILES string of the molecule is CCn1nc(C)cc1CC(N)Cc1ccc(OC)nc1. The van der Waals surface area contributed by atoms with Crippen LogP contribution in [-0.4, -0.2) is 27.9 Å². The third kappa shape index (κ3) is 3.57. The number of aromatic nitrogens is 3. The van der Waals surface area contributed by atoms with Crippen molar-refractivity contribution >= 4 is 0 Å². The van der Waals surface area contributed by atoms with Gasteiger partial charge in [-0.25, -0.2) is 4.98 Å². The fourth-order valence-electron chi connectivity index (χ4n) is 2.33. The Morgan fingerprint density at radius 1 is 1.35 bits per heavy atom. The van der Waals surface area contributed by atoms with Gasteiger partial charge in [0.05, 0.1) is 12.8 Å². The van der Waals surface area contributed by atoms with Gasteiger partial charge in [-0.05, 0) is 31.9 Å². The van der Waals surface area contributed by atoms with Gasteiger partial charge in [0.25, 0.3) is 0 Å². The number of hydrogen-bond donors (Lipinski definition) is 1. The summed E-state index contributed by atoms with van der Waals surface area (Å²) in [6, 6.07) is 6.04. The van der Waals surface area contributed by atoms with Crippen LogP contribution in [-0.2, 0) is 19.4 Å². The fraction of sp³-hybridized carbons (Fsp3) is 0.467. The second-order valence-electron chi connectivity index (χ2n) is 4.97. The maximum Gasteiger partial charge on any atom is 0.212 e. The van der Waals surface area contributed by atoms with Crippen LogP contribution in [0.25, 0.3) is 0 Å². The molecule has 20 heavy (non-hydrogen) atoms. The molecule has 0 radical (unpaired) electrons. The lowest BCUT2D eigenvalue weighted by atomic mass is 10.0. The van der Waals surface area contributed by atoms with Crippen LogP contribution in [0, 0.1) is 6.92 Å². The van der Waals surface area contributed by atoms with E-state index in [0.717, 1.165) is 30.6 Å². The molecule has 2 aromatic heterocycles. The summed E-state index contributed by atoms with van der Waals surface area (Å²) in [5.41, 5.74) is 9.60. The average molecular weight is 274 g/mol. The monoisotopic (exact) mass is 274 g/mol. The first-order chi connectivity index (χ1) is 9.62. The number of hydrogen-bond acceptors (Lipinski definition) is 4. The molecule has 0 aliphatic rings. The average Bonchev–Trinajstić information content (AvgIpc) is 2.79. The van der Waals surface area contributed by atoms with Crippen molar-refractivity contribution in [2.75, 3.05) is 7.11 Å². The van der Waals surface area contributed by atoms with Gasteiger partial charge in [-0.2, -0.15) is 5.10 Å². The van der Waals surface area contributed by atoms with E-state index in [2.05, 4.69) is 23.1 Å². The Balaban J connectivity index is 1.98. The van der Waals surface area contributed by atoms with Crippen LogP contribution < -0.4 is 10.5 Å². The first kappa shape index (κ1) is 14.5. The van der Waals surface area contributed by atoms with E-state index < -0.39 is 0 Å². The smallest absolute Gasteiger partial charge is 0.212 e. The van der Waals surface area contributed by atoms with Gasteiger partial charge in [0.2, 0.25) is 5.88 Å². The molecular weight excluding hydrogens is 252 g/mol. The van der Waals surface area contributed by atoms with Crippen molar-refractivity contribution in [1.82, 2.24) is 14.8 Å². The Bertz CT molecular complexity index is 548. The van der Waals surface area contributed by atoms with Crippen molar-refractivity contribution in [2.45, 2.75) is 39.3 Å². The molecule has 2 N–H and O–H groups in total. The minimum Gasteiger partial charge on any atom is -0.481 e. The molecule has 1 atom stereocenters. The van der Waals surface area contributed by atoms with Crippen LogP contribution in [0.4, 0.5) is 0 Å². The van der Waals surface area contributed by atoms with Crippen molar-refractivity contribution < 1.29 is 4.74 Å². The van der Waals surface area contributed by atoms with Gasteiger partial charge in [0.1, 0.15) is 0 Å². The summed E-state index contributed by atoms with van der Waals surface area (Å²) in [4.78, 5) is 4.20. The Labute approximate surface area is 119 Å². The van der Waals surface area contributed by atoms with Gasteiger partial charge in [-0.3, -0.25) is 4.68 Å². The molecule has 2 heterocycles. The number of pyridine rings is 1. The van der Waals surface area contributed by atoms with Crippen LogP contribution in [0.15, 0.2) is 24.4 Å². The predicted molar refractivity (Wildman–Crippen MR) is 78.8 cm³/mol. The highest BCUT2D eigenvalue weighted by molar-refractivity contribution is 5.19. The van der Waals surface area contributed by atoms with Crippen LogP contribution in [0.5, 0.6) is 5.88 Å². The fourth-order valence-corrected chi connectivity index (χ4v) is 2.33. The molecule has 1 unspecified atom stereocenters. The minimum absolute atomic E-state index is 0.0617. The first-order valence-corrected chi connectivity index (χ1v) is 6.90. The molecule has 2 rings (SSSR count). The molecule has 0 aromatic carbocycles. The van der Waals surface area contributed by atoms with Crippen LogP contribution in [0.1, 0.15) is 23.9 Å². The second-order valence-corrected chi connectivity index (χ2v) is 4.97. The summed E-state index contributed by atoms with van der Waals surface area (Å²) in [6.45, 7) is 4.98. The highest BCUT2D eigenvalue weighted by Crippen LogP contribution is 2.11. The quantitative estimate of drug-likeness (QED) is 0.871. The van der Waals surface area contributed by atoms with E-state index in [1.807, 2.05) is 29.9 Å². The maximum absolute atomic E-state index is 6.24. The maximum atomic E-state index is 6.24. The molecule has 0 spiro atoms. The van der Waals surface area contributed by atoms with Crippen LogP contribution >= 0.6 is 0 Å². The highest BCUT2D eigenvalue weighted by Gasteiger charge is 2.10. The van der Waals surface area contributed by atoms with Crippen molar-refractivity contribution in [1.29, 1.82) is 0 Å². The number of ether oxygens (including phenoxy) is 1. The van der Waals surface area contributed by atoms with Crippen molar-refractivity contribution in [3.63, 3.8) is 0 Å². The Kier molecular flexibility index (Phi) is 4.74. The van der Waals surface area contributed by atoms with Crippen molar-refractivity contribution in [2.24, 2.45) is 5.73 Å². The van der Waals surface area contributed by atoms with Gasteiger partial charge >= 0.3 is 0 Å². The van der Waals surface area contributed by atoms with Crippen molar-refractivity contribution in [3.8, 4) is 5.88 Å². The Hall–Kier alpha value is -1.88. The predicted octanol–water partition coefficient (Wildman–Crippen LogP) is 1.73. The summed E-state index contributed by atoms with van der Waals surface area (Å²) in [6.07, 6.45) is 3.44. The number of nitrogens with two attached hydrogens (primary N) is 1. The molecular formula is C15H22N4O. The van der Waals surface area contributed by atoms with Gasteiger partial charge in [-0.1, -0.05) is 6.07 Å². The van der Waals surface area contributed by atoms with E-state index in [1.165, 1.54) is 5.69 Å². The number of methoxy groups -OCH3 is 1. The molecule has 0 bridgehead atoms. The summed E-state index contributed by atoms with van der Waals surface area (Å²) >= 11 is 0. The molecule has 0 fully saturated rings. The third-order valence-corrected chi connectivity index (χ3v) is 3.26. The summed E-state index contributed by atoms with van der Waals surface area (Å²) in [7, 11) is 1.61.